The van der Waals surface area contributed by atoms with Crippen molar-refractivity contribution in [2.75, 3.05) is 0 Å². The minimum atomic E-state index is -0.101. The number of rotatable bonds is 2. The van der Waals surface area contributed by atoms with Gasteiger partial charge in [-0.3, -0.25) is 0 Å². The second kappa shape index (κ2) is 3.40. The van der Waals surface area contributed by atoms with Crippen LogP contribution in [0.5, 0.6) is 0 Å². The molecule has 1 fully saturated rings. The van der Waals surface area contributed by atoms with Crippen molar-refractivity contribution in [3.05, 3.63) is 0 Å². The van der Waals surface area contributed by atoms with E-state index < -0.39 is 0 Å². The fraction of sp³-hybridized carbons (Fsp3) is 0.900. The lowest BCUT2D eigenvalue weighted by atomic mass is 9.92. The maximum absolute atomic E-state index is 10.2. The zero-order chi connectivity index (χ0) is 9.19. The van der Waals surface area contributed by atoms with Crippen molar-refractivity contribution in [2.24, 2.45) is 16.8 Å². The summed E-state index contributed by atoms with van der Waals surface area (Å²) < 4.78 is 0. The second-order valence-corrected chi connectivity index (χ2v) is 4.45. The molecule has 2 atom stereocenters. The second-order valence-electron chi connectivity index (χ2n) is 4.45. The summed E-state index contributed by atoms with van der Waals surface area (Å²) in [5, 5.41) is 0. The van der Waals surface area contributed by atoms with Crippen LogP contribution in [0.4, 0.5) is 0 Å². The Hall–Kier alpha value is -0.620. The number of hydrogen-bond acceptors (Lipinski definition) is 2. The van der Waals surface area contributed by atoms with Crippen LogP contribution < -0.4 is 0 Å². The average Bonchev–Trinajstić information content (AvgIpc) is 2.33. The van der Waals surface area contributed by atoms with Gasteiger partial charge in [0.1, 0.15) is 0 Å². The molecule has 68 valence electrons. The standard InChI is InChI=1S/C10H17NO/c1-8(2)9-4-5-10(3,6-9)11-7-12/h8-9H,4-6H2,1-3H3/t9-,10+/m0/s1. The van der Waals surface area contributed by atoms with Gasteiger partial charge in [0.15, 0.2) is 0 Å². The van der Waals surface area contributed by atoms with Gasteiger partial charge in [-0.15, -0.1) is 0 Å². The predicted octanol–water partition coefficient (Wildman–Crippen LogP) is 2.54. The van der Waals surface area contributed by atoms with Crippen LogP contribution in [0.3, 0.4) is 0 Å². The molecule has 0 aliphatic heterocycles. The SMILES string of the molecule is CC(C)[C@H]1CC[C@@](C)(N=C=O)C1. The number of nitrogens with zero attached hydrogens (tertiary/aromatic N) is 1. The number of hydrogen-bond donors (Lipinski definition) is 0. The summed E-state index contributed by atoms with van der Waals surface area (Å²) in [6, 6.07) is 0. The van der Waals surface area contributed by atoms with E-state index in [-0.39, 0.29) is 5.54 Å². The van der Waals surface area contributed by atoms with E-state index in [9.17, 15) is 4.79 Å². The fourth-order valence-electron chi connectivity index (χ4n) is 2.05. The molecule has 0 unspecified atom stereocenters. The van der Waals surface area contributed by atoms with Crippen LogP contribution in [-0.4, -0.2) is 11.6 Å². The maximum Gasteiger partial charge on any atom is 0.235 e. The molecular formula is C10H17NO. The molecule has 2 heteroatoms. The van der Waals surface area contributed by atoms with Crippen LogP contribution in [0, 0.1) is 11.8 Å². The first kappa shape index (κ1) is 9.47. The van der Waals surface area contributed by atoms with Crippen molar-refractivity contribution in [3.63, 3.8) is 0 Å². The number of carbonyl (C=O) groups excluding carboxylic acids is 1. The molecule has 1 aliphatic rings. The van der Waals surface area contributed by atoms with E-state index in [4.69, 9.17) is 0 Å². The summed E-state index contributed by atoms with van der Waals surface area (Å²) in [6.07, 6.45) is 4.99. The lowest BCUT2D eigenvalue weighted by Gasteiger charge is -2.18. The Bertz CT molecular complexity index is 206. The average molecular weight is 167 g/mol. The van der Waals surface area contributed by atoms with E-state index in [2.05, 4.69) is 25.8 Å². The van der Waals surface area contributed by atoms with Gasteiger partial charge in [-0.05, 0) is 38.0 Å². The smallest absolute Gasteiger partial charge is 0.211 e. The molecule has 1 saturated carbocycles. The van der Waals surface area contributed by atoms with Gasteiger partial charge in [-0.25, -0.2) is 4.79 Å². The molecule has 0 spiro atoms. The van der Waals surface area contributed by atoms with Gasteiger partial charge in [0.05, 0.1) is 5.54 Å². The Morgan fingerprint density at radius 1 is 1.58 bits per heavy atom. The van der Waals surface area contributed by atoms with Crippen LogP contribution in [0.25, 0.3) is 0 Å². The maximum atomic E-state index is 10.2. The molecule has 0 heterocycles. The van der Waals surface area contributed by atoms with Gasteiger partial charge in [0, 0.05) is 0 Å². The Morgan fingerprint density at radius 3 is 2.67 bits per heavy atom. The Labute approximate surface area is 74.1 Å². The van der Waals surface area contributed by atoms with Crippen molar-refractivity contribution < 1.29 is 4.79 Å². The van der Waals surface area contributed by atoms with Crippen LogP contribution in [-0.2, 0) is 4.79 Å². The first-order valence-corrected chi connectivity index (χ1v) is 4.66. The lowest BCUT2D eigenvalue weighted by Crippen LogP contribution is -2.17. The third kappa shape index (κ3) is 1.95. The largest absolute Gasteiger partial charge is 0.235 e. The molecule has 0 radical (unpaired) electrons. The van der Waals surface area contributed by atoms with Crippen LogP contribution in [0.2, 0.25) is 0 Å². The van der Waals surface area contributed by atoms with Gasteiger partial charge in [-0.2, -0.15) is 4.99 Å². The Morgan fingerprint density at radius 2 is 2.25 bits per heavy atom. The normalized spacial score (nSPS) is 35.2. The van der Waals surface area contributed by atoms with Gasteiger partial charge >= 0.3 is 0 Å². The van der Waals surface area contributed by atoms with Crippen molar-refractivity contribution in [1.29, 1.82) is 0 Å². The zero-order valence-electron chi connectivity index (χ0n) is 8.13. The lowest BCUT2D eigenvalue weighted by molar-refractivity contribution is 0.367. The zero-order valence-corrected chi connectivity index (χ0v) is 8.13. The molecule has 0 bridgehead atoms. The molecule has 0 aromatic carbocycles. The first-order valence-electron chi connectivity index (χ1n) is 4.66. The third-order valence-corrected chi connectivity index (χ3v) is 3.01. The molecule has 12 heavy (non-hydrogen) atoms. The summed E-state index contributed by atoms with van der Waals surface area (Å²) in [5.41, 5.74) is -0.101. The third-order valence-electron chi connectivity index (χ3n) is 3.01. The first-order chi connectivity index (χ1) is 5.57. The molecule has 1 rings (SSSR count). The highest BCUT2D eigenvalue weighted by molar-refractivity contribution is 5.35. The van der Waals surface area contributed by atoms with E-state index >= 15 is 0 Å². The van der Waals surface area contributed by atoms with Crippen molar-refractivity contribution in [1.82, 2.24) is 0 Å². The highest BCUT2D eigenvalue weighted by Gasteiger charge is 2.35. The summed E-state index contributed by atoms with van der Waals surface area (Å²) in [7, 11) is 0. The van der Waals surface area contributed by atoms with E-state index in [1.807, 2.05) is 0 Å². The van der Waals surface area contributed by atoms with Crippen molar-refractivity contribution in [3.8, 4) is 0 Å². The Kier molecular flexibility index (Phi) is 2.69. The molecule has 0 saturated heterocycles. The molecule has 0 aromatic heterocycles. The van der Waals surface area contributed by atoms with Gasteiger partial charge in [-0.1, -0.05) is 13.8 Å². The van der Waals surface area contributed by atoms with Crippen LogP contribution in [0.15, 0.2) is 4.99 Å². The van der Waals surface area contributed by atoms with Crippen molar-refractivity contribution >= 4 is 6.08 Å². The molecule has 0 aromatic rings. The number of isocyanates is 1. The highest BCUT2D eigenvalue weighted by Crippen LogP contribution is 2.40. The quantitative estimate of drug-likeness (QED) is 0.459. The molecule has 2 nitrogen and oxygen atoms in total. The molecule has 0 N–H and O–H groups in total. The van der Waals surface area contributed by atoms with Crippen LogP contribution >= 0.6 is 0 Å². The van der Waals surface area contributed by atoms with E-state index in [1.54, 1.807) is 6.08 Å². The topological polar surface area (TPSA) is 29.4 Å². The van der Waals surface area contributed by atoms with Gasteiger partial charge < -0.3 is 0 Å². The predicted molar refractivity (Wildman–Crippen MR) is 48.7 cm³/mol. The van der Waals surface area contributed by atoms with Crippen molar-refractivity contribution in [2.45, 2.75) is 45.6 Å². The Balaban J connectivity index is 2.60. The highest BCUT2D eigenvalue weighted by atomic mass is 16.1. The summed E-state index contributed by atoms with van der Waals surface area (Å²) in [6.45, 7) is 6.53. The minimum absolute atomic E-state index is 0.101. The summed E-state index contributed by atoms with van der Waals surface area (Å²) >= 11 is 0. The number of aliphatic imine (C=N–C) groups is 1. The monoisotopic (exact) mass is 167 g/mol. The summed E-state index contributed by atoms with van der Waals surface area (Å²) in [4.78, 5) is 14.0. The molecule has 1 aliphatic carbocycles. The van der Waals surface area contributed by atoms with E-state index in [0.717, 1.165) is 18.8 Å². The van der Waals surface area contributed by atoms with E-state index in [1.165, 1.54) is 6.42 Å². The van der Waals surface area contributed by atoms with Gasteiger partial charge in [0.25, 0.3) is 0 Å². The minimum Gasteiger partial charge on any atom is -0.211 e. The van der Waals surface area contributed by atoms with Crippen LogP contribution in [0.1, 0.15) is 40.0 Å². The summed E-state index contributed by atoms with van der Waals surface area (Å²) in [5.74, 6) is 1.46. The van der Waals surface area contributed by atoms with Gasteiger partial charge in [0.2, 0.25) is 6.08 Å². The molecular weight excluding hydrogens is 150 g/mol. The van der Waals surface area contributed by atoms with E-state index in [0.29, 0.717) is 5.92 Å². The fourth-order valence-corrected chi connectivity index (χ4v) is 2.05. The molecule has 0 amide bonds.